The summed E-state index contributed by atoms with van der Waals surface area (Å²) in [6, 6.07) is 5.47. The number of aliphatic carboxylic acids is 1. The molecule has 4 nitrogen and oxygen atoms in total. The van der Waals surface area contributed by atoms with E-state index in [1.807, 2.05) is 26.0 Å². The molecule has 0 fully saturated rings. The fourth-order valence-corrected chi connectivity index (χ4v) is 1.53. The monoisotopic (exact) mass is 221 g/mol. The van der Waals surface area contributed by atoms with E-state index < -0.39 is 5.97 Å². The summed E-state index contributed by atoms with van der Waals surface area (Å²) in [6.45, 7) is 3.50. The smallest absolute Gasteiger partial charge is 0.323 e. The van der Waals surface area contributed by atoms with E-state index in [9.17, 15) is 9.59 Å². The van der Waals surface area contributed by atoms with Crippen LogP contribution in [0, 0.1) is 13.8 Å². The number of hydrogen-bond donors (Lipinski definition) is 1. The van der Waals surface area contributed by atoms with E-state index in [4.69, 9.17) is 5.11 Å². The number of benzene rings is 1. The average molecular weight is 221 g/mol. The van der Waals surface area contributed by atoms with Gasteiger partial charge in [0.15, 0.2) is 0 Å². The number of carboxylic acids is 1. The van der Waals surface area contributed by atoms with Crippen LogP contribution < -0.4 is 0 Å². The van der Waals surface area contributed by atoms with Crippen molar-refractivity contribution in [3.05, 3.63) is 34.9 Å². The van der Waals surface area contributed by atoms with E-state index >= 15 is 0 Å². The Kier molecular flexibility index (Phi) is 3.66. The van der Waals surface area contributed by atoms with Crippen LogP contribution in [0.15, 0.2) is 18.2 Å². The van der Waals surface area contributed by atoms with E-state index in [0.29, 0.717) is 5.56 Å². The molecule has 1 N–H and O–H groups in total. The topological polar surface area (TPSA) is 57.6 Å². The normalized spacial score (nSPS) is 9.94. The lowest BCUT2D eigenvalue weighted by molar-refractivity contribution is -0.137. The molecule has 16 heavy (non-hydrogen) atoms. The number of aryl methyl sites for hydroxylation is 2. The SMILES string of the molecule is Cc1ccc(C(=O)N(C)CC(=O)O)c(C)c1. The number of amides is 1. The molecule has 0 spiro atoms. The lowest BCUT2D eigenvalue weighted by Crippen LogP contribution is -2.32. The largest absolute Gasteiger partial charge is 0.480 e. The minimum absolute atomic E-state index is 0.264. The van der Waals surface area contributed by atoms with Crippen LogP contribution in [-0.2, 0) is 4.79 Å². The molecule has 0 unspecified atom stereocenters. The molecule has 4 heteroatoms. The van der Waals surface area contributed by atoms with Crippen molar-refractivity contribution in [2.45, 2.75) is 13.8 Å². The van der Waals surface area contributed by atoms with Gasteiger partial charge in [0.05, 0.1) is 0 Å². The predicted octanol–water partition coefficient (Wildman–Crippen LogP) is 1.46. The number of rotatable bonds is 3. The van der Waals surface area contributed by atoms with Crippen LogP contribution in [0.4, 0.5) is 0 Å². The van der Waals surface area contributed by atoms with Crippen molar-refractivity contribution < 1.29 is 14.7 Å². The zero-order chi connectivity index (χ0) is 12.3. The summed E-state index contributed by atoms with van der Waals surface area (Å²) in [4.78, 5) is 23.6. The first-order valence-corrected chi connectivity index (χ1v) is 4.96. The first-order valence-electron chi connectivity index (χ1n) is 4.96. The van der Waals surface area contributed by atoms with E-state index in [2.05, 4.69) is 0 Å². The number of likely N-dealkylation sites (N-methyl/N-ethyl adjacent to an activating group) is 1. The fraction of sp³-hybridized carbons (Fsp3) is 0.333. The molecule has 0 aliphatic rings. The number of carboxylic acid groups (broad SMARTS) is 1. The minimum Gasteiger partial charge on any atom is -0.480 e. The van der Waals surface area contributed by atoms with Crippen molar-refractivity contribution >= 4 is 11.9 Å². The predicted molar refractivity (Wildman–Crippen MR) is 60.5 cm³/mol. The van der Waals surface area contributed by atoms with Gasteiger partial charge in [0.25, 0.3) is 5.91 Å². The van der Waals surface area contributed by atoms with Gasteiger partial charge in [0.2, 0.25) is 0 Å². The lowest BCUT2D eigenvalue weighted by atomic mass is 10.0. The molecule has 1 amide bonds. The first kappa shape index (κ1) is 12.2. The Morgan fingerprint density at radius 2 is 1.94 bits per heavy atom. The van der Waals surface area contributed by atoms with Crippen molar-refractivity contribution in [2.75, 3.05) is 13.6 Å². The molecular weight excluding hydrogens is 206 g/mol. The molecule has 0 saturated heterocycles. The second kappa shape index (κ2) is 4.79. The summed E-state index contributed by atoms with van der Waals surface area (Å²) < 4.78 is 0. The summed E-state index contributed by atoms with van der Waals surface area (Å²) in [7, 11) is 1.48. The Labute approximate surface area is 94.5 Å². The van der Waals surface area contributed by atoms with E-state index in [-0.39, 0.29) is 12.5 Å². The van der Waals surface area contributed by atoms with Crippen LogP contribution in [0.25, 0.3) is 0 Å². The van der Waals surface area contributed by atoms with Gasteiger partial charge >= 0.3 is 5.97 Å². The Balaban J connectivity index is 2.92. The zero-order valence-corrected chi connectivity index (χ0v) is 9.65. The molecule has 1 aromatic rings. The fourth-order valence-electron chi connectivity index (χ4n) is 1.53. The van der Waals surface area contributed by atoms with Gasteiger partial charge in [-0.25, -0.2) is 0 Å². The number of nitrogens with zero attached hydrogens (tertiary/aromatic N) is 1. The zero-order valence-electron chi connectivity index (χ0n) is 9.65. The van der Waals surface area contributed by atoms with Gasteiger partial charge in [-0.05, 0) is 25.5 Å². The Bertz CT molecular complexity index is 426. The van der Waals surface area contributed by atoms with Gasteiger partial charge in [0, 0.05) is 12.6 Å². The standard InChI is InChI=1S/C12H15NO3/c1-8-4-5-10(9(2)6-8)12(16)13(3)7-11(14)15/h4-6H,7H2,1-3H3,(H,14,15). The second-order valence-corrected chi connectivity index (χ2v) is 3.87. The van der Waals surface area contributed by atoms with Crippen LogP contribution >= 0.6 is 0 Å². The highest BCUT2D eigenvalue weighted by atomic mass is 16.4. The van der Waals surface area contributed by atoms with Crippen LogP contribution in [-0.4, -0.2) is 35.5 Å². The molecule has 0 atom stereocenters. The highest BCUT2D eigenvalue weighted by molar-refractivity contribution is 5.96. The van der Waals surface area contributed by atoms with Gasteiger partial charge in [-0.2, -0.15) is 0 Å². The highest BCUT2D eigenvalue weighted by Crippen LogP contribution is 2.12. The Morgan fingerprint density at radius 1 is 1.31 bits per heavy atom. The minimum atomic E-state index is -1.01. The molecule has 0 saturated carbocycles. The maximum atomic E-state index is 11.9. The molecule has 1 aromatic carbocycles. The van der Waals surface area contributed by atoms with Crippen molar-refractivity contribution in [1.82, 2.24) is 4.90 Å². The van der Waals surface area contributed by atoms with Crippen LogP contribution in [0.5, 0.6) is 0 Å². The van der Waals surface area contributed by atoms with Crippen molar-refractivity contribution in [2.24, 2.45) is 0 Å². The van der Waals surface area contributed by atoms with Crippen molar-refractivity contribution in [3.63, 3.8) is 0 Å². The molecule has 0 radical (unpaired) electrons. The second-order valence-electron chi connectivity index (χ2n) is 3.87. The molecule has 0 bridgehead atoms. The lowest BCUT2D eigenvalue weighted by Gasteiger charge is -2.16. The van der Waals surface area contributed by atoms with Crippen molar-refractivity contribution in [1.29, 1.82) is 0 Å². The highest BCUT2D eigenvalue weighted by Gasteiger charge is 2.15. The number of carbonyl (C=O) groups is 2. The third-order valence-corrected chi connectivity index (χ3v) is 2.33. The summed E-state index contributed by atoms with van der Waals surface area (Å²) in [5.74, 6) is -1.28. The molecular formula is C12H15NO3. The van der Waals surface area contributed by atoms with Crippen LogP contribution in [0.1, 0.15) is 21.5 Å². The summed E-state index contributed by atoms with van der Waals surface area (Å²) in [5.41, 5.74) is 2.49. The maximum Gasteiger partial charge on any atom is 0.323 e. The van der Waals surface area contributed by atoms with Gasteiger partial charge in [-0.3, -0.25) is 9.59 Å². The molecule has 0 aliphatic carbocycles. The average Bonchev–Trinajstić information content (AvgIpc) is 2.15. The van der Waals surface area contributed by atoms with Crippen LogP contribution in [0.3, 0.4) is 0 Å². The summed E-state index contributed by atoms with van der Waals surface area (Å²) in [5, 5.41) is 8.60. The Morgan fingerprint density at radius 3 is 2.44 bits per heavy atom. The molecule has 86 valence electrons. The third kappa shape index (κ3) is 2.82. The van der Waals surface area contributed by atoms with Gasteiger partial charge in [-0.15, -0.1) is 0 Å². The van der Waals surface area contributed by atoms with Gasteiger partial charge in [0.1, 0.15) is 6.54 Å². The summed E-state index contributed by atoms with van der Waals surface area (Å²) >= 11 is 0. The third-order valence-electron chi connectivity index (χ3n) is 2.33. The molecule has 0 aromatic heterocycles. The van der Waals surface area contributed by atoms with Crippen molar-refractivity contribution in [3.8, 4) is 0 Å². The van der Waals surface area contributed by atoms with E-state index in [0.717, 1.165) is 11.1 Å². The Hall–Kier alpha value is -1.84. The van der Waals surface area contributed by atoms with E-state index in [1.54, 1.807) is 6.07 Å². The quantitative estimate of drug-likeness (QED) is 0.840. The van der Waals surface area contributed by atoms with Crippen LogP contribution in [0.2, 0.25) is 0 Å². The number of carbonyl (C=O) groups excluding carboxylic acids is 1. The van der Waals surface area contributed by atoms with Gasteiger partial charge in [-0.1, -0.05) is 17.7 Å². The maximum absolute atomic E-state index is 11.9. The molecule has 0 heterocycles. The first-order chi connectivity index (χ1) is 7.41. The van der Waals surface area contributed by atoms with Gasteiger partial charge < -0.3 is 10.0 Å². The number of hydrogen-bond acceptors (Lipinski definition) is 2. The molecule has 1 rings (SSSR count). The van der Waals surface area contributed by atoms with E-state index in [1.165, 1.54) is 11.9 Å². The molecule has 0 aliphatic heterocycles. The summed E-state index contributed by atoms with van der Waals surface area (Å²) in [6.07, 6.45) is 0.